The zero-order chi connectivity index (χ0) is 25.4. The molecule has 1 saturated carbocycles. The number of hydrogen-bond donors (Lipinski definition) is 0. The van der Waals surface area contributed by atoms with Gasteiger partial charge in [-0.1, -0.05) is 26.2 Å². The van der Waals surface area contributed by atoms with Crippen LogP contribution in [0.3, 0.4) is 0 Å². The molecule has 0 radical (unpaired) electrons. The van der Waals surface area contributed by atoms with Crippen molar-refractivity contribution < 1.29 is 31.9 Å². The number of carbonyl (C=O) groups is 2. The van der Waals surface area contributed by atoms with Crippen LogP contribution in [-0.4, -0.2) is 47.5 Å². The number of rotatable bonds is 8. The maximum Gasteiger partial charge on any atom is 0.417 e. The van der Waals surface area contributed by atoms with Gasteiger partial charge in [0.05, 0.1) is 12.2 Å². The van der Waals surface area contributed by atoms with E-state index in [1.807, 2.05) is 6.92 Å². The van der Waals surface area contributed by atoms with Crippen LogP contribution in [-0.2, 0) is 17.4 Å². The van der Waals surface area contributed by atoms with E-state index < -0.39 is 22.9 Å². The Balaban J connectivity index is 1.43. The van der Waals surface area contributed by atoms with Crippen LogP contribution in [0, 0.1) is 0 Å². The Morgan fingerprint density at radius 2 is 1.83 bits per heavy atom. The Morgan fingerprint density at radius 1 is 1.11 bits per heavy atom. The van der Waals surface area contributed by atoms with Gasteiger partial charge in [-0.2, -0.15) is 13.2 Å². The molecule has 2 aromatic rings. The number of carbonyl (C=O) groups excluding carboxylic acids is 2. The lowest BCUT2D eigenvalue weighted by molar-refractivity contribution is -0.136. The molecular formula is C25H29F3N2O5. The second-order valence-electron chi connectivity index (χ2n) is 9.24. The Bertz CT molecular complexity index is 1180. The molecule has 0 bridgehead atoms. The maximum atomic E-state index is 13.4. The second-order valence-corrected chi connectivity index (χ2v) is 9.24. The summed E-state index contributed by atoms with van der Waals surface area (Å²) in [4.78, 5) is 40.3. The zero-order valence-electron chi connectivity index (χ0n) is 19.9. The fraction of sp³-hybridized carbons (Fsp3) is 0.560. The molecule has 1 aliphatic carbocycles. The molecule has 190 valence electrons. The van der Waals surface area contributed by atoms with Gasteiger partial charge in [0, 0.05) is 30.6 Å². The van der Waals surface area contributed by atoms with Gasteiger partial charge in [-0.15, -0.1) is 0 Å². The van der Waals surface area contributed by atoms with Crippen molar-refractivity contribution in [3.05, 3.63) is 39.7 Å². The van der Waals surface area contributed by atoms with E-state index in [0.717, 1.165) is 12.8 Å². The second kappa shape index (κ2) is 9.54. The van der Waals surface area contributed by atoms with E-state index in [4.69, 9.17) is 9.15 Å². The predicted molar refractivity (Wildman–Crippen MR) is 122 cm³/mol. The van der Waals surface area contributed by atoms with Gasteiger partial charge in [0.1, 0.15) is 16.9 Å². The van der Waals surface area contributed by atoms with Crippen LogP contribution >= 0.6 is 0 Å². The first-order valence-electron chi connectivity index (χ1n) is 12.0. The van der Waals surface area contributed by atoms with E-state index >= 15 is 0 Å². The molecule has 0 atom stereocenters. The highest BCUT2D eigenvalue weighted by Gasteiger charge is 2.56. The number of ether oxygens (including phenoxy) is 1. The first kappa shape index (κ1) is 25.1. The fourth-order valence-electron chi connectivity index (χ4n) is 5.23. The largest absolute Gasteiger partial charge is 0.493 e. The Kier molecular flexibility index (Phi) is 6.83. The summed E-state index contributed by atoms with van der Waals surface area (Å²) >= 11 is 0. The van der Waals surface area contributed by atoms with Gasteiger partial charge in [-0.25, -0.2) is 9.59 Å². The van der Waals surface area contributed by atoms with Crippen LogP contribution in [0.5, 0.6) is 5.75 Å². The molecule has 1 spiro atoms. The summed E-state index contributed by atoms with van der Waals surface area (Å²) in [6, 6.07) is 2.92. The molecular weight excluding hydrogens is 465 g/mol. The molecule has 7 nitrogen and oxygen atoms in total. The number of aryl methyl sites for hydroxylation is 1. The summed E-state index contributed by atoms with van der Waals surface area (Å²) in [7, 11) is 1.69. The van der Waals surface area contributed by atoms with E-state index in [9.17, 15) is 27.6 Å². The molecule has 1 aliphatic heterocycles. The molecule has 0 unspecified atom stereocenters. The first-order chi connectivity index (χ1) is 16.6. The highest BCUT2D eigenvalue weighted by atomic mass is 19.4. The number of amides is 3. The van der Waals surface area contributed by atoms with Crippen LogP contribution in [0.1, 0.15) is 63.0 Å². The lowest BCUT2D eigenvalue weighted by Crippen LogP contribution is -2.45. The van der Waals surface area contributed by atoms with Crippen LogP contribution in [0.4, 0.5) is 18.0 Å². The summed E-state index contributed by atoms with van der Waals surface area (Å²) in [6.07, 6.45) is 0.629. The number of unbranched alkanes of at least 4 members (excludes halogenated alkanes) is 1. The third-order valence-corrected chi connectivity index (χ3v) is 7.05. The van der Waals surface area contributed by atoms with Crippen molar-refractivity contribution in [1.82, 2.24) is 9.80 Å². The topological polar surface area (TPSA) is 80.1 Å². The number of alkyl halides is 3. The number of urea groups is 1. The molecule has 2 aliphatic rings. The van der Waals surface area contributed by atoms with Crippen molar-refractivity contribution >= 4 is 22.9 Å². The monoisotopic (exact) mass is 494 g/mol. The van der Waals surface area contributed by atoms with Gasteiger partial charge in [0.15, 0.2) is 0 Å². The molecule has 0 N–H and O–H groups in total. The van der Waals surface area contributed by atoms with Crippen molar-refractivity contribution in [3.63, 3.8) is 0 Å². The van der Waals surface area contributed by atoms with Gasteiger partial charge in [-0.05, 0) is 44.2 Å². The van der Waals surface area contributed by atoms with E-state index in [0.29, 0.717) is 55.9 Å². The van der Waals surface area contributed by atoms with E-state index in [-0.39, 0.29) is 36.1 Å². The third-order valence-electron chi connectivity index (χ3n) is 7.05. The minimum absolute atomic E-state index is 0.109. The van der Waals surface area contributed by atoms with E-state index in [1.54, 1.807) is 11.9 Å². The van der Waals surface area contributed by atoms with Gasteiger partial charge >= 0.3 is 17.8 Å². The molecule has 1 saturated heterocycles. The van der Waals surface area contributed by atoms with E-state index in [1.165, 1.54) is 17.0 Å². The van der Waals surface area contributed by atoms with Gasteiger partial charge in [0.2, 0.25) is 0 Å². The summed E-state index contributed by atoms with van der Waals surface area (Å²) in [5.74, 6) is 0.235. The van der Waals surface area contributed by atoms with Crippen molar-refractivity contribution in [2.75, 3.05) is 20.2 Å². The summed E-state index contributed by atoms with van der Waals surface area (Å²) in [5.41, 5.74) is -2.47. The molecule has 35 heavy (non-hydrogen) atoms. The summed E-state index contributed by atoms with van der Waals surface area (Å²) in [6.45, 7) is 2.39. The Labute approximate surface area is 200 Å². The molecule has 4 rings (SSSR count). The van der Waals surface area contributed by atoms with Crippen LogP contribution in [0.2, 0.25) is 0 Å². The van der Waals surface area contributed by atoms with Crippen molar-refractivity contribution in [2.45, 2.75) is 70.0 Å². The Morgan fingerprint density at radius 3 is 2.49 bits per heavy atom. The standard InChI is InChI=1S/C25H29F3N2O5/c1-3-8-17-19(10-9-16-18(25(26,27)28)15-20(31)35-21(16)17)34-14-7-6-13-30-22(32)24(11-4-5-12-24)29(2)23(30)33/h9-10,15H,3-8,11-14H2,1-2H3. The van der Waals surface area contributed by atoms with Crippen LogP contribution in [0.15, 0.2) is 27.4 Å². The quantitative estimate of drug-likeness (QED) is 0.289. The lowest BCUT2D eigenvalue weighted by atomic mass is 9.96. The minimum atomic E-state index is -4.68. The summed E-state index contributed by atoms with van der Waals surface area (Å²) < 4.78 is 51.4. The number of benzene rings is 1. The number of hydrogen-bond acceptors (Lipinski definition) is 5. The molecule has 1 aromatic carbocycles. The number of fused-ring (bicyclic) bond motifs is 1. The molecule has 10 heteroatoms. The van der Waals surface area contributed by atoms with Gasteiger partial charge in [0.25, 0.3) is 5.91 Å². The fourth-order valence-corrected chi connectivity index (χ4v) is 5.23. The van der Waals surface area contributed by atoms with Gasteiger partial charge in [-0.3, -0.25) is 9.69 Å². The highest BCUT2D eigenvalue weighted by Crippen LogP contribution is 2.41. The summed E-state index contributed by atoms with van der Waals surface area (Å²) in [5, 5.41) is -0.177. The van der Waals surface area contributed by atoms with Crippen LogP contribution < -0.4 is 10.4 Å². The smallest absolute Gasteiger partial charge is 0.417 e. The highest BCUT2D eigenvalue weighted by molar-refractivity contribution is 6.07. The predicted octanol–water partition coefficient (Wildman–Crippen LogP) is 5.13. The van der Waals surface area contributed by atoms with Gasteiger partial charge < -0.3 is 14.1 Å². The molecule has 2 fully saturated rings. The SMILES string of the molecule is CCCc1c(OCCCCN2C(=O)N(C)C3(CCCC3)C2=O)ccc2c(C(F)(F)F)cc(=O)oc12. The minimum Gasteiger partial charge on any atom is -0.493 e. The average molecular weight is 495 g/mol. The normalized spacial score (nSPS) is 17.9. The van der Waals surface area contributed by atoms with Crippen LogP contribution in [0.25, 0.3) is 11.0 Å². The third kappa shape index (κ3) is 4.50. The molecule has 1 aromatic heterocycles. The number of nitrogens with zero attached hydrogens (tertiary/aromatic N) is 2. The number of imide groups is 1. The van der Waals surface area contributed by atoms with Crippen molar-refractivity contribution in [2.24, 2.45) is 0 Å². The maximum absolute atomic E-state index is 13.4. The zero-order valence-corrected chi connectivity index (χ0v) is 19.9. The number of halogens is 3. The van der Waals surface area contributed by atoms with Crippen molar-refractivity contribution in [1.29, 1.82) is 0 Å². The van der Waals surface area contributed by atoms with E-state index in [2.05, 4.69) is 0 Å². The Hall–Kier alpha value is -3.04. The molecule has 2 heterocycles. The number of likely N-dealkylation sites (N-methyl/N-ethyl adjacent to an activating group) is 1. The lowest BCUT2D eigenvalue weighted by Gasteiger charge is -2.27. The first-order valence-corrected chi connectivity index (χ1v) is 12.0. The van der Waals surface area contributed by atoms with Crippen molar-refractivity contribution in [3.8, 4) is 5.75 Å². The molecule has 3 amide bonds. The average Bonchev–Trinajstić information content (AvgIpc) is 3.36.